The van der Waals surface area contributed by atoms with Gasteiger partial charge in [0.15, 0.2) is 9.84 Å². The molecule has 0 radical (unpaired) electrons. The Labute approximate surface area is 120 Å². The molecule has 0 aliphatic carbocycles. The Hall–Kier alpha value is -1.27. The van der Waals surface area contributed by atoms with Crippen LogP contribution in [0.5, 0.6) is 0 Å². The van der Waals surface area contributed by atoms with Gasteiger partial charge in [0.25, 0.3) is 0 Å². The maximum absolute atomic E-state index is 11.5. The molecule has 1 aliphatic heterocycles. The van der Waals surface area contributed by atoms with Gasteiger partial charge in [0.1, 0.15) is 0 Å². The van der Waals surface area contributed by atoms with Gasteiger partial charge in [-0.1, -0.05) is 0 Å². The summed E-state index contributed by atoms with van der Waals surface area (Å²) in [4.78, 5) is 2.43. The zero-order chi connectivity index (χ0) is 14.8. The quantitative estimate of drug-likeness (QED) is 0.856. The average Bonchev–Trinajstić information content (AvgIpc) is 2.38. The number of benzene rings is 1. The van der Waals surface area contributed by atoms with E-state index < -0.39 is 9.84 Å². The van der Waals surface area contributed by atoms with Crippen molar-refractivity contribution in [1.82, 2.24) is 0 Å². The van der Waals surface area contributed by atoms with Crippen LogP contribution in [0.4, 0.5) is 11.4 Å². The third-order valence-corrected chi connectivity index (χ3v) is 4.66. The van der Waals surface area contributed by atoms with E-state index in [4.69, 9.17) is 10.5 Å². The Morgan fingerprint density at radius 2 is 2.20 bits per heavy atom. The Morgan fingerprint density at radius 3 is 2.80 bits per heavy atom. The topological polar surface area (TPSA) is 72.6 Å². The predicted molar refractivity (Wildman–Crippen MR) is 80.8 cm³/mol. The first-order valence-corrected chi connectivity index (χ1v) is 8.77. The summed E-state index contributed by atoms with van der Waals surface area (Å²) in [7, 11) is -3.22. The zero-order valence-corrected chi connectivity index (χ0v) is 12.8. The number of nitrogens with zero attached hydrogens (tertiary/aromatic N) is 1. The summed E-state index contributed by atoms with van der Waals surface area (Å²) in [6, 6.07) is 4.94. The fraction of sp³-hybridized carbons (Fsp3) is 0.571. The molecule has 1 aromatic rings. The third kappa shape index (κ3) is 3.43. The minimum absolute atomic E-state index is 0.225. The lowest BCUT2D eigenvalue weighted by molar-refractivity contribution is 0.0527. The summed E-state index contributed by atoms with van der Waals surface area (Å²) < 4.78 is 28.7. The van der Waals surface area contributed by atoms with Gasteiger partial charge in [-0.2, -0.15) is 0 Å². The summed E-state index contributed by atoms with van der Waals surface area (Å²) >= 11 is 0. The molecule has 0 bridgehead atoms. The molecule has 0 saturated carbocycles. The number of nitrogens with two attached hydrogens (primary N) is 1. The van der Waals surface area contributed by atoms with E-state index in [-0.39, 0.29) is 11.0 Å². The molecule has 1 unspecified atom stereocenters. The minimum Gasteiger partial charge on any atom is -0.397 e. The second-order valence-electron chi connectivity index (χ2n) is 5.16. The van der Waals surface area contributed by atoms with Crippen LogP contribution in [0.25, 0.3) is 0 Å². The molecule has 20 heavy (non-hydrogen) atoms. The van der Waals surface area contributed by atoms with Crippen LogP contribution < -0.4 is 10.6 Å². The molecular weight excluding hydrogens is 276 g/mol. The number of rotatable bonds is 4. The van der Waals surface area contributed by atoms with Crippen LogP contribution in [-0.2, 0) is 14.6 Å². The molecular formula is C14H22N2O3S. The second-order valence-corrected chi connectivity index (χ2v) is 7.17. The van der Waals surface area contributed by atoms with Crippen molar-refractivity contribution < 1.29 is 13.2 Å². The van der Waals surface area contributed by atoms with Crippen LogP contribution in [0.2, 0.25) is 0 Å². The molecule has 0 aromatic heterocycles. The first-order chi connectivity index (χ1) is 9.41. The van der Waals surface area contributed by atoms with Crippen molar-refractivity contribution in [3.63, 3.8) is 0 Å². The zero-order valence-electron chi connectivity index (χ0n) is 12.0. The van der Waals surface area contributed by atoms with Crippen molar-refractivity contribution in [3.8, 4) is 0 Å². The number of ether oxygens (including phenoxy) is 1. The third-order valence-electron chi connectivity index (χ3n) is 3.55. The molecule has 1 saturated heterocycles. The maximum Gasteiger partial charge on any atom is 0.175 e. The lowest BCUT2D eigenvalue weighted by Crippen LogP contribution is -2.40. The highest BCUT2D eigenvalue weighted by Crippen LogP contribution is 2.29. The van der Waals surface area contributed by atoms with Crippen molar-refractivity contribution >= 4 is 21.2 Å². The first kappa shape index (κ1) is 15.1. The molecule has 1 fully saturated rings. The summed E-state index contributed by atoms with van der Waals surface area (Å²) in [5.74, 6) is 0. The van der Waals surface area contributed by atoms with Gasteiger partial charge in [-0.05, 0) is 38.0 Å². The highest BCUT2D eigenvalue weighted by molar-refractivity contribution is 7.90. The molecule has 5 nitrogen and oxygen atoms in total. The average molecular weight is 298 g/mol. The molecule has 2 rings (SSSR count). The lowest BCUT2D eigenvalue weighted by atomic mass is 10.1. The van der Waals surface area contributed by atoms with Crippen molar-refractivity contribution in [2.24, 2.45) is 0 Å². The van der Waals surface area contributed by atoms with Crippen LogP contribution >= 0.6 is 0 Å². The van der Waals surface area contributed by atoms with Crippen molar-refractivity contribution in [1.29, 1.82) is 0 Å². The monoisotopic (exact) mass is 298 g/mol. The first-order valence-electron chi connectivity index (χ1n) is 6.88. The Morgan fingerprint density at radius 1 is 1.45 bits per heavy atom. The number of piperidine rings is 1. The molecule has 1 aromatic carbocycles. The molecule has 112 valence electrons. The van der Waals surface area contributed by atoms with Crippen LogP contribution in [0, 0.1) is 0 Å². The largest absolute Gasteiger partial charge is 0.397 e. The standard InChI is InChI=1S/C14H22N2O3S/c1-3-19-11-5-4-8-16(10-11)14-7-6-12(9-13(14)15)20(2,17)18/h6-7,9,11H,3-5,8,10,15H2,1-2H3. The predicted octanol–water partition coefficient (Wildman–Crippen LogP) is 1.68. The second kappa shape index (κ2) is 6.01. The van der Waals surface area contributed by atoms with E-state index in [9.17, 15) is 8.42 Å². The summed E-state index contributed by atoms with van der Waals surface area (Å²) in [6.07, 6.45) is 3.53. The van der Waals surface area contributed by atoms with E-state index in [0.29, 0.717) is 12.3 Å². The number of nitrogen functional groups attached to an aromatic ring is 1. The summed E-state index contributed by atoms with van der Waals surface area (Å²) in [5, 5.41) is 0. The normalized spacial score (nSPS) is 20.1. The van der Waals surface area contributed by atoms with E-state index in [1.165, 1.54) is 12.3 Å². The van der Waals surface area contributed by atoms with Crippen molar-refractivity contribution in [2.75, 3.05) is 36.6 Å². The van der Waals surface area contributed by atoms with E-state index in [0.717, 1.165) is 31.6 Å². The van der Waals surface area contributed by atoms with Gasteiger partial charge in [-0.3, -0.25) is 0 Å². The lowest BCUT2D eigenvalue weighted by Gasteiger charge is -2.34. The van der Waals surface area contributed by atoms with Gasteiger partial charge in [0.2, 0.25) is 0 Å². The van der Waals surface area contributed by atoms with Gasteiger partial charge in [0.05, 0.1) is 22.4 Å². The Kier molecular flexibility index (Phi) is 4.55. The summed E-state index contributed by atoms with van der Waals surface area (Å²) in [5.41, 5.74) is 7.42. The van der Waals surface area contributed by atoms with E-state index >= 15 is 0 Å². The molecule has 0 amide bonds. The van der Waals surface area contributed by atoms with Gasteiger partial charge >= 0.3 is 0 Å². The van der Waals surface area contributed by atoms with E-state index in [2.05, 4.69) is 4.90 Å². The van der Waals surface area contributed by atoms with Gasteiger partial charge in [0, 0.05) is 26.0 Å². The van der Waals surface area contributed by atoms with Gasteiger partial charge in [-0.15, -0.1) is 0 Å². The fourth-order valence-corrected chi connectivity index (χ4v) is 3.24. The van der Waals surface area contributed by atoms with Crippen molar-refractivity contribution in [3.05, 3.63) is 18.2 Å². The molecule has 1 atom stereocenters. The van der Waals surface area contributed by atoms with Crippen LogP contribution in [-0.4, -0.2) is 40.5 Å². The van der Waals surface area contributed by atoms with Crippen LogP contribution in [0.15, 0.2) is 23.1 Å². The minimum atomic E-state index is -3.22. The van der Waals surface area contributed by atoms with E-state index in [1.54, 1.807) is 12.1 Å². The maximum atomic E-state index is 11.5. The molecule has 1 heterocycles. The van der Waals surface area contributed by atoms with Crippen molar-refractivity contribution in [2.45, 2.75) is 30.8 Å². The highest BCUT2D eigenvalue weighted by atomic mass is 32.2. The Bertz CT molecular complexity index is 570. The van der Waals surface area contributed by atoms with Gasteiger partial charge < -0.3 is 15.4 Å². The summed E-state index contributed by atoms with van der Waals surface area (Å²) in [6.45, 7) is 4.43. The molecule has 2 N–H and O–H groups in total. The van der Waals surface area contributed by atoms with E-state index in [1.807, 2.05) is 6.92 Å². The van der Waals surface area contributed by atoms with Gasteiger partial charge in [-0.25, -0.2) is 8.42 Å². The highest BCUT2D eigenvalue weighted by Gasteiger charge is 2.22. The number of anilines is 2. The van der Waals surface area contributed by atoms with Crippen LogP contribution in [0.3, 0.4) is 0 Å². The number of hydrogen-bond donors (Lipinski definition) is 1. The fourth-order valence-electron chi connectivity index (χ4n) is 2.58. The molecule has 6 heteroatoms. The molecule has 0 spiro atoms. The number of hydrogen-bond acceptors (Lipinski definition) is 5. The molecule has 1 aliphatic rings. The SMILES string of the molecule is CCOC1CCCN(c2ccc(S(C)(=O)=O)cc2N)C1. The number of sulfone groups is 1. The van der Waals surface area contributed by atoms with Crippen LogP contribution in [0.1, 0.15) is 19.8 Å². The Balaban J connectivity index is 2.20. The smallest absolute Gasteiger partial charge is 0.175 e.